The Kier molecular flexibility index (Phi) is 3.79. The minimum Gasteiger partial charge on any atom is -0.330 e. The summed E-state index contributed by atoms with van der Waals surface area (Å²) in [7, 11) is 0. The molecule has 0 bridgehead atoms. The van der Waals surface area contributed by atoms with Gasteiger partial charge in [-0.2, -0.15) is 0 Å². The van der Waals surface area contributed by atoms with Crippen LogP contribution < -0.4 is 5.73 Å². The average Bonchev–Trinajstić information content (AvgIpc) is 2.74. The van der Waals surface area contributed by atoms with Gasteiger partial charge in [0.1, 0.15) is 0 Å². The summed E-state index contributed by atoms with van der Waals surface area (Å²) in [6, 6.07) is 9.03. The fraction of sp³-hybridized carbons (Fsp3) is 0.571. The molecule has 0 radical (unpaired) electrons. The predicted octanol–water partition coefficient (Wildman–Crippen LogP) is 2.92. The number of rotatable bonds is 4. The van der Waals surface area contributed by atoms with Gasteiger partial charge in [-0.1, -0.05) is 49.9 Å². The van der Waals surface area contributed by atoms with E-state index in [1.807, 2.05) is 0 Å². The van der Waals surface area contributed by atoms with E-state index in [1.54, 1.807) is 0 Å². The van der Waals surface area contributed by atoms with E-state index < -0.39 is 0 Å². The molecule has 0 saturated heterocycles. The van der Waals surface area contributed by atoms with Crippen molar-refractivity contribution >= 4 is 0 Å². The van der Waals surface area contributed by atoms with Crippen LogP contribution in [-0.4, -0.2) is 6.54 Å². The molecule has 0 heterocycles. The smallest absolute Gasteiger partial charge is 0.00367 e. The van der Waals surface area contributed by atoms with Gasteiger partial charge in [-0.25, -0.2) is 0 Å². The predicted molar refractivity (Wildman–Crippen MR) is 64.9 cm³/mol. The van der Waals surface area contributed by atoms with Crippen molar-refractivity contribution in [3.63, 3.8) is 0 Å². The van der Waals surface area contributed by atoms with Crippen LogP contribution in [0.4, 0.5) is 0 Å². The maximum atomic E-state index is 5.53. The highest BCUT2D eigenvalue weighted by molar-refractivity contribution is 5.23. The fourth-order valence-electron chi connectivity index (χ4n) is 2.56. The van der Waals surface area contributed by atoms with E-state index in [4.69, 9.17) is 5.73 Å². The lowest BCUT2D eigenvalue weighted by Crippen LogP contribution is -2.03. The molecule has 0 unspecified atom stereocenters. The van der Waals surface area contributed by atoms with E-state index >= 15 is 0 Å². The Morgan fingerprint density at radius 3 is 2.20 bits per heavy atom. The van der Waals surface area contributed by atoms with E-state index in [0.717, 1.165) is 18.9 Å². The second kappa shape index (κ2) is 5.32. The first-order valence-corrected chi connectivity index (χ1v) is 6.16. The standard InChI is InChI=1S/C14H21N/c15-10-9-12-5-7-14(8-6-12)11-13-3-1-2-4-13/h5-8,13H,1-4,9-11,15H2. The van der Waals surface area contributed by atoms with E-state index in [-0.39, 0.29) is 0 Å². The van der Waals surface area contributed by atoms with E-state index in [2.05, 4.69) is 24.3 Å². The van der Waals surface area contributed by atoms with Crippen LogP contribution in [0.2, 0.25) is 0 Å². The Morgan fingerprint density at radius 1 is 1.00 bits per heavy atom. The molecule has 2 rings (SSSR count). The normalized spacial score (nSPS) is 17.1. The lowest BCUT2D eigenvalue weighted by Gasteiger charge is -2.09. The minimum atomic E-state index is 0.752. The zero-order chi connectivity index (χ0) is 10.5. The summed E-state index contributed by atoms with van der Waals surface area (Å²) in [5.74, 6) is 0.949. The molecule has 1 aliphatic carbocycles. The Labute approximate surface area is 92.7 Å². The van der Waals surface area contributed by atoms with Crippen molar-refractivity contribution in [3.05, 3.63) is 35.4 Å². The number of hydrogen-bond acceptors (Lipinski definition) is 1. The maximum Gasteiger partial charge on any atom is -0.00367 e. The topological polar surface area (TPSA) is 26.0 Å². The van der Waals surface area contributed by atoms with Gasteiger partial charge in [0.25, 0.3) is 0 Å². The van der Waals surface area contributed by atoms with Crippen LogP contribution in [0.5, 0.6) is 0 Å². The first-order chi connectivity index (χ1) is 7.38. The molecule has 0 amide bonds. The second-order valence-corrected chi connectivity index (χ2v) is 4.71. The molecule has 1 fully saturated rings. The SMILES string of the molecule is NCCc1ccc(CC2CCCC2)cc1. The van der Waals surface area contributed by atoms with Crippen molar-refractivity contribution in [2.75, 3.05) is 6.54 Å². The third-order valence-corrected chi connectivity index (χ3v) is 3.46. The summed E-state index contributed by atoms with van der Waals surface area (Å²) in [5.41, 5.74) is 8.40. The van der Waals surface area contributed by atoms with Crippen LogP contribution in [-0.2, 0) is 12.8 Å². The molecule has 1 aliphatic rings. The molecule has 1 aromatic rings. The van der Waals surface area contributed by atoms with Crippen molar-refractivity contribution in [1.82, 2.24) is 0 Å². The molecule has 0 aliphatic heterocycles. The summed E-state index contributed by atoms with van der Waals surface area (Å²) < 4.78 is 0. The van der Waals surface area contributed by atoms with Crippen molar-refractivity contribution in [2.24, 2.45) is 11.7 Å². The highest BCUT2D eigenvalue weighted by Gasteiger charge is 2.14. The molecular formula is C14H21N. The van der Waals surface area contributed by atoms with Crippen LogP contribution in [0.1, 0.15) is 36.8 Å². The molecule has 1 heteroatoms. The van der Waals surface area contributed by atoms with Crippen molar-refractivity contribution < 1.29 is 0 Å². The quantitative estimate of drug-likeness (QED) is 0.800. The lowest BCUT2D eigenvalue weighted by molar-refractivity contribution is 0.546. The molecule has 15 heavy (non-hydrogen) atoms. The van der Waals surface area contributed by atoms with Crippen molar-refractivity contribution in [2.45, 2.75) is 38.5 Å². The summed E-state index contributed by atoms with van der Waals surface area (Å²) in [6.07, 6.45) is 8.04. The van der Waals surface area contributed by atoms with Gasteiger partial charge in [0.2, 0.25) is 0 Å². The summed E-state index contributed by atoms with van der Waals surface area (Å²) in [6.45, 7) is 0.752. The van der Waals surface area contributed by atoms with Crippen LogP contribution in [0.25, 0.3) is 0 Å². The van der Waals surface area contributed by atoms with Crippen LogP contribution in [0, 0.1) is 5.92 Å². The zero-order valence-electron chi connectivity index (χ0n) is 9.41. The monoisotopic (exact) mass is 203 g/mol. The van der Waals surface area contributed by atoms with Gasteiger partial charge in [-0.15, -0.1) is 0 Å². The third-order valence-electron chi connectivity index (χ3n) is 3.46. The average molecular weight is 203 g/mol. The van der Waals surface area contributed by atoms with Gasteiger partial charge < -0.3 is 5.73 Å². The first-order valence-electron chi connectivity index (χ1n) is 6.16. The third kappa shape index (κ3) is 3.07. The minimum absolute atomic E-state index is 0.752. The number of benzene rings is 1. The van der Waals surface area contributed by atoms with E-state index in [9.17, 15) is 0 Å². The van der Waals surface area contributed by atoms with E-state index in [1.165, 1.54) is 43.2 Å². The molecule has 2 N–H and O–H groups in total. The fourth-order valence-corrected chi connectivity index (χ4v) is 2.56. The lowest BCUT2D eigenvalue weighted by atomic mass is 9.97. The van der Waals surface area contributed by atoms with Gasteiger partial charge in [0.15, 0.2) is 0 Å². The maximum absolute atomic E-state index is 5.53. The molecule has 82 valence electrons. The van der Waals surface area contributed by atoms with Crippen molar-refractivity contribution in [1.29, 1.82) is 0 Å². The van der Waals surface area contributed by atoms with Crippen LogP contribution in [0.15, 0.2) is 24.3 Å². The summed E-state index contributed by atoms with van der Waals surface area (Å²) in [4.78, 5) is 0. The van der Waals surface area contributed by atoms with Crippen molar-refractivity contribution in [3.8, 4) is 0 Å². The number of nitrogens with two attached hydrogens (primary N) is 1. The summed E-state index contributed by atoms with van der Waals surface area (Å²) in [5, 5.41) is 0. The molecule has 0 spiro atoms. The van der Waals surface area contributed by atoms with Crippen LogP contribution in [0.3, 0.4) is 0 Å². The molecule has 0 atom stereocenters. The largest absolute Gasteiger partial charge is 0.330 e. The Morgan fingerprint density at radius 2 is 1.60 bits per heavy atom. The van der Waals surface area contributed by atoms with Gasteiger partial charge >= 0.3 is 0 Å². The highest BCUT2D eigenvalue weighted by atomic mass is 14.5. The Bertz CT molecular complexity index is 283. The Balaban J connectivity index is 1.91. The van der Waals surface area contributed by atoms with Gasteiger partial charge in [-0.3, -0.25) is 0 Å². The molecule has 0 aromatic heterocycles. The molecule has 1 nitrogen and oxygen atoms in total. The van der Waals surface area contributed by atoms with E-state index in [0.29, 0.717) is 0 Å². The Hall–Kier alpha value is -0.820. The molecular weight excluding hydrogens is 182 g/mol. The summed E-state index contributed by atoms with van der Waals surface area (Å²) >= 11 is 0. The zero-order valence-corrected chi connectivity index (χ0v) is 9.41. The second-order valence-electron chi connectivity index (χ2n) is 4.71. The van der Waals surface area contributed by atoms with Gasteiger partial charge in [-0.05, 0) is 36.4 Å². The highest BCUT2D eigenvalue weighted by Crippen LogP contribution is 2.27. The number of hydrogen-bond donors (Lipinski definition) is 1. The van der Waals surface area contributed by atoms with Gasteiger partial charge in [0, 0.05) is 0 Å². The van der Waals surface area contributed by atoms with Crippen LogP contribution >= 0.6 is 0 Å². The van der Waals surface area contributed by atoms with Gasteiger partial charge in [0.05, 0.1) is 0 Å². The molecule has 1 aromatic carbocycles. The molecule has 1 saturated carbocycles. The first kappa shape index (κ1) is 10.7.